The van der Waals surface area contributed by atoms with E-state index in [1.54, 1.807) is 4.90 Å². The summed E-state index contributed by atoms with van der Waals surface area (Å²) < 4.78 is 13.6. The van der Waals surface area contributed by atoms with Crippen molar-refractivity contribution in [2.45, 2.75) is 31.8 Å². The number of benzene rings is 3. The van der Waals surface area contributed by atoms with Crippen LogP contribution >= 0.6 is 27.7 Å². The second-order valence-corrected chi connectivity index (χ2v) is 10.2. The van der Waals surface area contributed by atoms with Crippen molar-refractivity contribution in [1.29, 1.82) is 0 Å². The zero-order valence-corrected chi connectivity index (χ0v) is 22.1. The smallest absolute Gasteiger partial charge is 0.247 e. The Bertz CT molecular complexity index is 1400. The minimum absolute atomic E-state index is 0.189. The number of amides is 1. The van der Waals surface area contributed by atoms with Crippen molar-refractivity contribution in [3.05, 3.63) is 88.4 Å². The zero-order valence-electron chi connectivity index (χ0n) is 19.7. The second-order valence-electron chi connectivity index (χ2n) is 8.01. The van der Waals surface area contributed by atoms with Gasteiger partial charge in [0.05, 0.1) is 11.3 Å². The van der Waals surface area contributed by atoms with Crippen LogP contribution in [0.1, 0.15) is 31.2 Å². The molecule has 182 valence electrons. The number of hydrogen-bond acceptors (Lipinski definition) is 7. The van der Waals surface area contributed by atoms with Gasteiger partial charge in [-0.2, -0.15) is 4.98 Å². The van der Waals surface area contributed by atoms with E-state index in [1.165, 1.54) is 18.7 Å². The Morgan fingerprint density at radius 3 is 2.64 bits per heavy atom. The molecule has 1 aromatic heterocycles. The highest BCUT2D eigenvalue weighted by Crippen LogP contribution is 2.45. The predicted octanol–water partition coefficient (Wildman–Crippen LogP) is 6.44. The van der Waals surface area contributed by atoms with Gasteiger partial charge in [-0.3, -0.25) is 9.69 Å². The highest BCUT2D eigenvalue weighted by Gasteiger charge is 2.36. The van der Waals surface area contributed by atoms with Gasteiger partial charge in [0.15, 0.2) is 5.69 Å². The minimum Gasteiger partial charge on any atom is -0.488 e. The number of halogens is 1. The molecule has 1 aliphatic heterocycles. The Morgan fingerprint density at radius 1 is 1.08 bits per heavy atom. The molecular weight excluding hydrogens is 540 g/mol. The fraction of sp³-hybridized carbons (Fsp3) is 0.185. The van der Waals surface area contributed by atoms with Crippen LogP contribution in [0.15, 0.2) is 82.4 Å². The third-order valence-electron chi connectivity index (χ3n) is 5.60. The molecule has 0 aliphatic carbocycles. The first-order chi connectivity index (χ1) is 17.5. The van der Waals surface area contributed by atoms with Crippen LogP contribution in [-0.4, -0.2) is 26.8 Å². The molecule has 4 aromatic rings. The number of carbonyl (C=O) groups excluding carboxylic acids is 1. The van der Waals surface area contributed by atoms with Crippen LogP contribution in [0.3, 0.4) is 0 Å². The molecule has 5 rings (SSSR count). The van der Waals surface area contributed by atoms with Crippen molar-refractivity contribution in [3.8, 4) is 22.9 Å². The number of anilines is 1. The van der Waals surface area contributed by atoms with Crippen molar-refractivity contribution < 1.29 is 14.3 Å². The molecule has 0 fully saturated rings. The van der Waals surface area contributed by atoms with Crippen LogP contribution in [0.25, 0.3) is 11.3 Å². The molecule has 0 unspecified atom stereocenters. The van der Waals surface area contributed by atoms with Crippen LogP contribution in [-0.2, 0) is 11.4 Å². The van der Waals surface area contributed by atoms with Crippen molar-refractivity contribution in [2.75, 3.05) is 10.7 Å². The molecular formula is C27H23BrN4O3S. The molecule has 0 radical (unpaired) electrons. The highest BCUT2D eigenvalue weighted by molar-refractivity contribution is 9.10. The average molecular weight is 563 g/mol. The van der Waals surface area contributed by atoms with Gasteiger partial charge in [0.2, 0.25) is 23.2 Å². The first kappa shape index (κ1) is 24.3. The maximum atomic E-state index is 13.1. The van der Waals surface area contributed by atoms with Crippen molar-refractivity contribution in [1.82, 2.24) is 15.2 Å². The maximum absolute atomic E-state index is 13.1. The van der Waals surface area contributed by atoms with Crippen LogP contribution in [0, 0.1) is 0 Å². The number of rotatable bonds is 6. The van der Waals surface area contributed by atoms with E-state index in [2.05, 4.69) is 31.1 Å². The minimum atomic E-state index is -0.843. The van der Waals surface area contributed by atoms with Gasteiger partial charge in [0.25, 0.3) is 0 Å². The lowest BCUT2D eigenvalue weighted by atomic mass is 10.1. The van der Waals surface area contributed by atoms with Crippen molar-refractivity contribution in [2.24, 2.45) is 0 Å². The molecule has 7 nitrogen and oxygen atoms in total. The summed E-state index contributed by atoms with van der Waals surface area (Å²) in [7, 11) is 0. The second kappa shape index (κ2) is 10.7. The summed E-state index contributed by atoms with van der Waals surface area (Å²) in [6.45, 7) is 3.91. The molecule has 1 amide bonds. The van der Waals surface area contributed by atoms with Crippen LogP contribution in [0.5, 0.6) is 11.6 Å². The quantitative estimate of drug-likeness (QED) is 0.250. The van der Waals surface area contributed by atoms with Gasteiger partial charge < -0.3 is 9.47 Å². The molecule has 9 heteroatoms. The molecule has 0 saturated carbocycles. The zero-order chi connectivity index (χ0) is 25.1. The summed E-state index contributed by atoms with van der Waals surface area (Å²) in [5.41, 5.74) is 3.59. The molecule has 0 N–H and O–H groups in total. The van der Waals surface area contributed by atoms with E-state index in [0.717, 1.165) is 21.4 Å². The van der Waals surface area contributed by atoms with Gasteiger partial charge in [-0.15, -0.1) is 10.2 Å². The molecule has 3 aromatic carbocycles. The van der Waals surface area contributed by atoms with Crippen LogP contribution < -0.4 is 14.4 Å². The van der Waals surface area contributed by atoms with Gasteiger partial charge in [0, 0.05) is 17.0 Å². The summed E-state index contributed by atoms with van der Waals surface area (Å²) in [6, 6.07) is 23.2. The summed E-state index contributed by atoms with van der Waals surface area (Å²) in [5, 5.41) is 9.22. The van der Waals surface area contributed by atoms with E-state index < -0.39 is 6.23 Å². The number of fused-ring (bicyclic) bond motifs is 3. The van der Waals surface area contributed by atoms with E-state index in [1.807, 2.05) is 79.7 Å². The molecule has 2 heterocycles. The normalized spacial score (nSPS) is 14.3. The van der Waals surface area contributed by atoms with Crippen molar-refractivity contribution >= 4 is 39.3 Å². The Kier molecular flexibility index (Phi) is 7.20. The maximum Gasteiger partial charge on any atom is 0.247 e. The largest absolute Gasteiger partial charge is 0.488 e. The Morgan fingerprint density at radius 2 is 1.86 bits per heavy atom. The van der Waals surface area contributed by atoms with Crippen LogP contribution in [0.4, 0.5) is 5.69 Å². The topological polar surface area (TPSA) is 77.4 Å². The molecule has 0 saturated heterocycles. The van der Waals surface area contributed by atoms with Gasteiger partial charge in [-0.1, -0.05) is 83.1 Å². The fourth-order valence-corrected chi connectivity index (χ4v) is 4.91. The number of ether oxygens (including phenoxy) is 2. The highest BCUT2D eigenvalue weighted by atomic mass is 79.9. The molecule has 1 aliphatic rings. The number of para-hydroxylation sites is 1. The van der Waals surface area contributed by atoms with Crippen LogP contribution in [0.2, 0.25) is 0 Å². The monoisotopic (exact) mass is 562 g/mol. The van der Waals surface area contributed by atoms with Gasteiger partial charge in [-0.05, 0) is 35.6 Å². The summed E-state index contributed by atoms with van der Waals surface area (Å²) in [5.74, 6) is 1.52. The third-order valence-corrected chi connectivity index (χ3v) is 6.81. The average Bonchev–Trinajstić information content (AvgIpc) is 3.03. The van der Waals surface area contributed by atoms with Gasteiger partial charge in [0.1, 0.15) is 12.4 Å². The lowest BCUT2D eigenvalue weighted by Gasteiger charge is -2.31. The number of hydrogen-bond donors (Lipinski definition) is 0. The third kappa shape index (κ3) is 4.94. The van der Waals surface area contributed by atoms with E-state index in [-0.39, 0.29) is 5.91 Å². The number of carbonyl (C=O) groups is 1. The lowest BCUT2D eigenvalue weighted by Crippen LogP contribution is -2.36. The number of aromatic nitrogens is 3. The van der Waals surface area contributed by atoms with E-state index in [0.29, 0.717) is 40.3 Å². The number of thioether (sulfide) groups is 1. The lowest BCUT2D eigenvalue weighted by molar-refractivity contribution is -0.118. The molecule has 36 heavy (non-hydrogen) atoms. The van der Waals surface area contributed by atoms with Gasteiger partial charge in [-0.25, -0.2) is 0 Å². The van der Waals surface area contributed by atoms with Crippen molar-refractivity contribution in [3.63, 3.8) is 0 Å². The molecule has 0 spiro atoms. The fourth-order valence-electron chi connectivity index (χ4n) is 4.02. The first-order valence-electron chi connectivity index (χ1n) is 11.4. The van der Waals surface area contributed by atoms with E-state index in [4.69, 9.17) is 9.47 Å². The SMILES string of the molecule is CCSc1nnc2c(n1)O[C@@H](c1cc(Br)ccc1OCc1ccccc1)N(C(C)=O)c1ccccc1-2. The first-order valence-corrected chi connectivity index (χ1v) is 13.2. The predicted molar refractivity (Wildman–Crippen MR) is 143 cm³/mol. The van der Waals surface area contributed by atoms with Gasteiger partial charge >= 0.3 is 0 Å². The summed E-state index contributed by atoms with van der Waals surface area (Å²) in [6.07, 6.45) is -0.843. The molecule has 1 atom stereocenters. The van der Waals surface area contributed by atoms with E-state index >= 15 is 0 Å². The van der Waals surface area contributed by atoms with E-state index in [9.17, 15) is 4.79 Å². The summed E-state index contributed by atoms with van der Waals surface area (Å²) >= 11 is 5.05. The summed E-state index contributed by atoms with van der Waals surface area (Å²) in [4.78, 5) is 19.4. The standard InChI is InChI=1S/C27H23BrN4O3S/c1-3-36-27-29-25-24(30-31-27)20-11-7-8-12-22(20)32(17(2)33)26(35-25)21-15-19(28)13-14-23(21)34-16-18-9-5-4-6-10-18/h4-15,26H,3,16H2,1-2H3/t26-/m0/s1. The number of nitrogens with zero attached hydrogens (tertiary/aromatic N) is 4. The molecule has 0 bridgehead atoms. The Hall–Kier alpha value is -3.43. The Labute approximate surface area is 222 Å². The Balaban J connectivity index is 1.65.